The average molecular weight is 448 g/mol. The zero-order chi connectivity index (χ0) is 21.8. The molecule has 2 heterocycles. The van der Waals surface area contributed by atoms with Gasteiger partial charge in [-0.15, -0.1) is 13.2 Å². The summed E-state index contributed by atoms with van der Waals surface area (Å²) in [6.07, 6.45) is -1.86. The highest BCUT2D eigenvalue weighted by molar-refractivity contribution is 8.00. The summed E-state index contributed by atoms with van der Waals surface area (Å²) in [6.45, 7) is 0.313. The van der Waals surface area contributed by atoms with Gasteiger partial charge in [0.05, 0.1) is 18.1 Å². The van der Waals surface area contributed by atoms with E-state index in [0.717, 1.165) is 24.3 Å². The molecule has 1 aliphatic rings. The van der Waals surface area contributed by atoms with Crippen LogP contribution in [0.1, 0.15) is 12.8 Å². The molecule has 1 aliphatic heterocycles. The number of benzene rings is 1. The van der Waals surface area contributed by atoms with Gasteiger partial charge < -0.3 is 15.0 Å². The number of urea groups is 1. The van der Waals surface area contributed by atoms with Crippen molar-refractivity contribution in [3.05, 3.63) is 42.7 Å². The number of nitrogens with one attached hydrogen (secondary N) is 1. The molecule has 2 aromatic rings. The number of likely N-dealkylation sites (tertiary alicyclic amines) is 1. The topological polar surface area (TPSA) is 67.4 Å². The molecule has 0 atom stereocenters. The highest BCUT2D eigenvalue weighted by Crippen LogP contribution is 2.45. The van der Waals surface area contributed by atoms with Gasteiger partial charge in [-0.3, -0.25) is 0 Å². The molecule has 0 saturated carbocycles. The Bertz CT molecular complexity index is 844. The Balaban J connectivity index is 1.52. The second kappa shape index (κ2) is 9.02. The molecule has 162 valence electrons. The third-order valence-electron chi connectivity index (χ3n) is 4.40. The third-order valence-corrected chi connectivity index (χ3v) is 5.52. The van der Waals surface area contributed by atoms with Gasteiger partial charge in [-0.1, -0.05) is 11.8 Å². The number of thioether (sulfide) groups is 1. The fraction of sp³-hybridized carbons (Fsp3) is 0.389. The average Bonchev–Trinajstić information content (AvgIpc) is 2.69. The number of rotatable bonds is 5. The van der Waals surface area contributed by atoms with Crippen molar-refractivity contribution in [1.29, 1.82) is 0 Å². The van der Waals surface area contributed by atoms with Gasteiger partial charge in [0.25, 0.3) is 0 Å². The second-order valence-electron chi connectivity index (χ2n) is 6.51. The number of alkyl halides is 5. The van der Waals surface area contributed by atoms with Gasteiger partial charge >= 0.3 is 17.6 Å². The highest BCUT2D eigenvalue weighted by atomic mass is 32.2. The lowest BCUT2D eigenvalue weighted by molar-refractivity contribution is -0.274. The number of ether oxygens (including phenoxy) is 1. The predicted octanol–water partition coefficient (Wildman–Crippen LogP) is 5.00. The predicted molar refractivity (Wildman–Crippen MR) is 99.3 cm³/mol. The molecule has 30 heavy (non-hydrogen) atoms. The number of nitrogens with zero attached hydrogens (tertiary/aromatic N) is 3. The number of amides is 2. The first-order valence-electron chi connectivity index (χ1n) is 8.88. The van der Waals surface area contributed by atoms with E-state index in [1.807, 2.05) is 0 Å². The first-order valence-corrected chi connectivity index (χ1v) is 9.69. The van der Waals surface area contributed by atoms with E-state index in [1.54, 1.807) is 6.07 Å². The van der Waals surface area contributed by atoms with E-state index in [4.69, 9.17) is 0 Å². The smallest absolute Gasteiger partial charge is 0.406 e. The van der Waals surface area contributed by atoms with Crippen LogP contribution in [0.15, 0.2) is 47.6 Å². The second-order valence-corrected chi connectivity index (χ2v) is 7.73. The van der Waals surface area contributed by atoms with Crippen LogP contribution in [0.4, 0.5) is 32.4 Å². The van der Waals surface area contributed by atoms with Gasteiger partial charge in [0.15, 0.2) is 0 Å². The van der Waals surface area contributed by atoms with E-state index < -0.39 is 29.3 Å². The molecule has 12 heteroatoms. The lowest BCUT2D eigenvalue weighted by atomic mass is 9.97. The van der Waals surface area contributed by atoms with Crippen LogP contribution in [0.3, 0.4) is 0 Å². The Labute approximate surface area is 172 Å². The monoisotopic (exact) mass is 448 g/mol. The normalized spacial score (nSPS) is 15.7. The number of carbonyl (C=O) groups excluding carboxylic acids is 1. The quantitative estimate of drug-likeness (QED) is 0.515. The molecule has 1 aromatic carbocycles. The minimum atomic E-state index is -4.84. The van der Waals surface area contributed by atoms with Gasteiger partial charge in [0, 0.05) is 23.9 Å². The van der Waals surface area contributed by atoms with E-state index in [2.05, 4.69) is 20.3 Å². The molecule has 1 aromatic heterocycles. The van der Waals surface area contributed by atoms with Crippen molar-refractivity contribution in [3.8, 4) is 5.75 Å². The highest BCUT2D eigenvalue weighted by Gasteiger charge is 2.42. The fourth-order valence-electron chi connectivity index (χ4n) is 2.94. The number of hydrogen-bond acceptors (Lipinski definition) is 5. The largest absolute Gasteiger partial charge is 0.573 e. The number of piperidine rings is 1. The Morgan fingerprint density at radius 3 is 2.30 bits per heavy atom. The summed E-state index contributed by atoms with van der Waals surface area (Å²) < 4.78 is 69.6. The van der Waals surface area contributed by atoms with Crippen molar-refractivity contribution in [3.63, 3.8) is 0 Å². The van der Waals surface area contributed by atoms with Crippen molar-refractivity contribution in [2.24, 2.45) is 5.92 Å². The van der Waals surface area contributed by atoms with Crippen LogP contribution in [-0.2, 0) is 0 Å². The molecule has 1 saturated heterocycles. The van der Waals surface area contributed by atoms with Gasteiger partial charge in [0.1, 0.15) is 5.75 Å². The summed E-state index contributed by atoms with van der Waals surface area (Å²) in [5, 5.41) is 6.73. The maximum absolute atomic E-state index is 14.7. The molecule has 0 radical (unpaired) electrons. The molecular formula is C18H17F5N4O2S. The van der Waals surface area contributed by atoms with Crippen molar-refractivity contribution >= 4 is 23.5 Å². The first kappa shape index (κ1) is 22.1. The van der Waals surface area contributed by atoms with E-state index in [-0.39, 0.29) is 42.6 Å². The van der Waals surface area contributed by atoms with E-state index in [9.17, 15) is 26.7 Å². The molecule has 1 fully saturated rings. The maximum atomic E-state index is 14.7. The number of carbonyl (C=O) groups is 1. The van der Waals surface area contributed by atoms with E-state index >= 15 is 0 Å². The van der Waals surface area contributed by atoms with Crippen LogP contribution < -0.4 is 10.1 Å². The number of hydrogen-bond donors (Lipinski definition) is 1. The summed E-state index contributed by atoms with van der Waals surface area (Å²) in [4.78, 5) is 13.8. The van der Waals surface area contributed by atoms with Gasteiger partial charge in [-0.2, -0.15) is 19.0 Å². The molecule has 0 aliphatic carbocycles. The summed E-state index contributed by atoms with van der Waals surface area (Å²) in [5.74, 6) is -1.45. The van der Waals surface area contributed by atoms with Gasteiger partial charge in [-0.25, -0.2) is 4.79 Å². The van der Waals surface area contributed by atoms with Crippen LogP contribution in [-0.4, -0.2) is 45.8 Å². The minimum Gasteiger partial charge on any atom is -0.406 e. The summed E-state index contributed by atoms with van der Waals surface area (Å²) >= 11 is 0.287. The number of halogens is 5. The van der Waals surface area contributed by atoms with E-state index in [1.165, 1.54) is 17.3 Å². The zero-order valence-corrected chi connectivity index (χ0v) is 16.2. The molecule has 2 amide bonds. The molecule has 6 nitrogen and oxygen atoms in total. The Hall–Kier alpha value is -2.63. The van der Waals surface area contributed by atoms with Crippen LogP contribution in [0, 0.1) is 5.92 Å². The Morgan fingerprint density at radius 1 is 1.07 bits per heavy atom. The lowest BCUT2D eigenvalue weighted by Crippen LogP contribution is -2.44. The van der Waals surface area contributed by atoms with Crippen LogP contribution in [0.2, 0.25) is 0 Å². The van der Waals surface area contributed by atoms with Crippen LogP contribution in [0.25, 0.3) is 0 Å². The lowest BCUT2D eigenvalue weighted by Gasteiger charge is -2.35. The molecule has 1 N–H and O–H groups in total. The molecule has 0 unspecified atom stereocenters. The van der Waals surface area contributed by atoms with Crippen molar-refractivity contribution in [2.75, 3.05) is 18.4 Å². The fourth-order valence-corrected chi connectivity index (χ4v) is 3.92. The van der Waals surface area contributed by atoms with Crippen LogP contribution >= 0.6 is 11.8 Å². The third kappa shape index (κ3) is 6.18. The van der Waals surface area contributed by atoms with Crippen molar-refractivity contribution in [2.45, 2.75) is 29.4 Å². The molecular weight excluding hydrogens is 431 g/mol. The van der Waals surface area contributed by atoms with Gasteiger partial charge in [0.2, 0.25) is 0 Å². The first-order chi connectivity index (χ1) is 14.1. The summed E-state index contributed by atoms with van der Waals surface area (Å²) in [7, 11) is 0. The zero-order valence-electron chi connectivity index (χ0n) is 15.4. The number of anilines is 1. The van der Waals surface area contributed by atoms with E-state index in [0.29, 0.717) is 5.69 Å². The Kier molecular flexibility index (Phi) is 6.64. The van der Waals surface area contributed by atoms with Crippen LogP contribution in [0.5, 0.6) is 5.75 Å². The van der Waals surface area contributed by atoms with Crippen molar-refractivity contribution < 1.29 is 31.5 Å². The molecule has 3 rings (SSSR count). The summed E-state index contributed by atoms with van der Waals surface area (Å²) in [6, 6.07) is 5.46. The Morgan fingerprint density at radius 2 is 1.73 bits per heavy atom. The minimum absolute atomic E-state index is 0.0945. The number of aromatic nitrogens is 2. The standard InChI is InChI=1S/C18H17F5N4O2S/c19-17(20,30-15-3-1-14(2-4-15)29-18(21,22)23)12-6-9-27(10-7-12)16(28)26-13-5-8-24-25-11-13/h1-5,8,11-12H,6-7,9-10H2,(H,24,26,28). The van der Waals surface area contributed by atoms with Crippen molar-refractivity contribution in [1.82, 2.24) is 15.1 Å². The maximum Gasteiger partial charge on any atom is 0.573 e. The molecule has 0 spiro atoms. The summed E-state index contributed by atoms with van der Waals surface area (Å²) in [5.41, 5.74) is 0.455. The van der Waals surface area contributed by atoms with Gasteiger partial charge in [-0.05, 0) is 43.2 Å². The SMILES string of the molecule is O=C(Nc1ccnnc1)N1CCC(C(F)(F)Sc2ccc(OC(F)(F)F)cc2)CC1. The molecule has 0 bridgehead atoms.